The zero-order chi connectivity index (χ0) is 37.6. The first-order valence-corrected chi connectivity index (χ1v) is 17.1. The molecule has 2 aromatic carbocycles. The maximum Gasteiger partial charge on any atom is 0.336 e. The molecule has 4 aliphatic rings. The molecule has 4 aliphatic heterocycles. The normalized spacial score (nSPS) is 40.5. The van der Waals surface area contributed by atoms with Gasteiger partial charge in [-0.15, -0.1) is 0 Å². The average Bonchev–Trinajstić information content (AvgIpc) is 3.16. The van der Waals surface area contributed by atoms with Gasteiger partial charge in [-0.05, 0) is 24.6 Å². The van der Waals surface area contributed by atoms with Gasteiger partial charge in [0.2, 0.25) is 6.29 Å². The lowest BCUT2D eigenvalue weighted by Crippen LogP contribution is -2.67. The Morgan fingerprint density at radius 1 is 0.698 bits per heavy atom. The third-order valence-electron chi connectivity index (χ3n) is 9.80. The van der Waals surface area contributed by atoms with E-state index in [0.717, 1.165) is 0 Å². The quantitative estimate of drug-likeness (QED) is 0.107. The predicted octanol–water partition coefficient (Wildman–Crippen LogP) is -2.31. The number of ether oxygens (including phenoxy) is 8. The molecule has 0 radical (unpaired) electrons. The third kappa shape index (κ3) is 7.59. The van der Waals surface area contributed by atoms with Gasteiger partial charge in [-0.25, -0.2) is 4.79 Å². The fourth-order valence-corrected chi connectivity index (χ4v) is 6.94. The number of aliphatic hydroxyl groups excluding tert-OH is 8. The molecule has 0 bridgehead atoms. The SMILES string of the molecule is Cc1cc(=O)oc2cc(O[C@@H]3O[C@H](CO)[C@@H](O[C@@H]4O[C@H](CO)[C@@H](O[C@@H]5O[C@@H]6CO[C@@H](c7ccccc7)O[C@H]6[C@H](O)[C@H]5O)[C@H](O)[C@H]4O)[C@H](O)[C@H]3O)ccc12. The Hall–Kier alpha value is -3.15. The highest BCUT2D eigenvalue weighted by atomic mass is 16.8. The molecule has 8 N–H and O–H groups in total. The zero-order valence-electron chi connectivity index (χ0n) is 28.2. The van der Waals surface area contributed by atoms with Crippen molar-refractivity contribution in [3.8, 4) is 5.75 Å². The molecule has 18 heteroatoms. The molecule has 1 aromatic heterocycles. The van der Waals surface area contributed by atoms with Gasteiger partial charge in [-0.3, -0.25) is 0 Å². The summed E-state index contributed by atoms with van der Waals surface area (Å²) in [6.45, 7) is 0.126. The summed E-state index contributed by atoms with van der Waals surface area (Å²) in [5.74, 6) is 0.111. The molecule has 53 heavy (non-hydrogen) atoms. The second-order valence-corrected chi connectivity index (χ2v) is 13.3. The van der Waals surface area contributed by atoms with Crippen LogP contribution >= 0.6 is 0 Å². The molecular formula is C35H42O18. The van der Waals surface area contributed by atoms with Crippen LogP contribution in [0, 0.1) is 6.92 Å². The van der Waals surface area contributed by atoms with E-state index in [4.69, 9.17) is 42.3 Å². The minimum atomic E-state index is -1.91. The second-order valence-electron chi connectivity index (χ2n) is 13.3. The van der Waals surface area contributed by atoms with Gasteiger partial charge in [-0.1, -0.05) is 30.3 Å². The lowest BCUT2D eigenvalue weighted by Gasteiger charge is -2.49. The third-order valence-corrected chi connectivity index (χ3v) is 9.80. The van der Waals surface area contributed by atoms with E-state index in [-0.39, 0.29) is 17.9 Å². The van der Waals surface area contributed by atoms with E-state index in [0.29, 0.717) is 16.5 Å². The van der Waals surface area contributed by atoms with Crippen molar-refractivity contribution in [3.63, 3.8) is 0 Å². The van der Waals surface area contributed by atoms with Gasteiger partial charge in [0.15, 0.2) is 18.9 Å². The Labute approximate surface area is 301 Å². The molecule has 0 aliphatic carbocycles. The molecule has 0 saturated carbocycles. The number of hydrogen-bond acceptors (Lipinski definition) is 18. The standard InChI is InChI=1S/C35H42O18/c1-14-9-22(38)47-18-10-16(7-8-17(14)18)46-33-26(42)23(39)29(19(11-36)48-33)52-34-27(43)24(40)30(20(12-37)49-34)53-35-28(44)25(41)31-21(50-35)13-45-32(51-31)15-5-3-2-4-6-15/h2-10,19-21,23-37,39-44H,11-13H2,1H3/t19-,20-,21-,23-,24-,25-,26-,27-,28-,29-,30-,31-,32-,33-,34+,35+/m1/s1. The largest absolute Gasteiger partial charge is 0.462 e. The van der Waals surface area contributed by atoms with Gasteiger partial charge in [0.05, 0.1) is 19.8 Å². The minimum absolute atomic E-state index is 0.0465. The lowest BCUT2D eigenvalue weighted by molar-refractivity contribution is -0.392. The summed E-state index contributed by atoms with van der Waals surface area (Å²) in [5, 5.41) is 87.0. The Morgan fingerprint density at radius 3 is 1.96 bits per heavy atom. The van der Waals surface area contributed by atoms with E-state index < -0.39 is 117 Å². The zero-order valence-corrected chi connectivity index (χ0v) is 28.2. The van der Waals surface area contributed by atoms with Crippen LogP contribution in [-0.4, -0.2) is 153 Å². The first-order chi connectivity index (χ1) is 25.5. The van der Waals surface area contributed by atoms with Crippen LogP contribution < -0.4 is 10.4 Å². The Kier molecular flexibility index (Phi) is 11.4. The van der Waals surface area contributed by atoms with Crippen LogP contribution in [-0.2, 0) is 33.2 Å². The Morgan fingerprint density at radius 2 is 1.30 bits per heavy atom. The van der Waals surface area contributed by atoms with E-state index in [2.05, 4.69) is 0 Å². The van der Waals surface area contributed by atoms with Crippen LogP contribution in [0.25, 0.3) is 11.0 Å². The van der Waals surface area contributed by atoms with Crippen molar-refractivity contribution in [1.82, 2.24) is 0 Å². The van der Waals surface area contributed by atoms with Gasteiger partial charge in [0, 0.05) is 23.1 Å². The molecule has 7 rings (SSSR count). The van der Waals surface area contributed by atoms with Crippen molar-refractivity contribution < 1.29 is 83.2 Å². The molecule has 5 heterocycles. The fraction of sp³-hybridized carbons (Fsp3) is 0.571. The molecule has 0 amide bonds. The summed E-state index contributed by atoms with van der Waals surface area (Å²) in [4.78, 5) is 11.8. The van der Waals surface area contributed by atoms with Gasteiger partial charge in [0.1, 0.15) is 84.6 Å². The highest BCUT2D eigenvalue weighted by molar-refractivity contribution is 5.81. The van der Waals surface area contributed by atoms with Gasteiger partial charge >= 0.3 is 5.63 Å². The van der Waals surface area contributed by atoms with E-state index in [1.165, 1.54) is 18.2 Å². The minimum Gasteiger partial charge on any atom is -0.462 e. The Bertz CT molecular complexity index is 1730. The summed E-state index contributed by atoms with van der Waals surface area (Å²) in [5.41, 5.74) is 0.998. The van der Waals surface area contributed by atoms with E-state index in [9.17, 15) is 45.6 Å². The van der Waals surface area contributed by atoms with Crippen LogP contribution in [0.3, 0.4) is 0 Å². The summed E-state index contributed by atoms with van der Waals surface area (Å²) >= 11 is 0. The summed E-state index contributed by atoms with van der Waals surface area (Å²) in [7, 11) is 0. The number of rotatable bonds is 9. The van der Waals surface area contributed by atoms with Crippen molar-refractivity contribution in [3.05, 3.63) is 76.1 Å². The van der Waals surface area contributed by atoms with Crippen LogP contribution in [0.2, 0.25) is 0 Å². The van der Waals surface area contributed by atoms with Crippen LogP contribution in [0.1, 0.15) is 17.4 Å². The smallest absolute Gasteiger partial charge is 0.336 e. The van der Waals surface area contributed by atoms with Crippen LogP contribution in [0.5, 0.6) is 5.75 Å². The van der Waals surface area contributed by atoms with Gasteiger partial charge in [-0.2, -0.15) is 0 Å². The maximum absolute atomic E-state index is 11.8. The molecule has 290 valence electrons. The van der Waals surface area contributed by atoms with Crippen molar-refractivity contribution in [2.45, 2.75) is 105 Å². The van der Waals surface area contributed by atoms with E-state index in [1.807, 2.05) is 6.07 Å². The van der Waals surface area contributed by atoms with Crippen molar-refractivity contribution >= 4 is 11.0 Å². The van der Waals surface area contributed by atoms with E-state index >= 15 is 0 Å². The average molecular weight is 751 g/mol. The van der Waals surface area contributed by atoms with Crippen molar-refractivity contribution in [2.24, 2.45) is 0 Å². The molecular weight excluding hydrogens is 708 g/mol. The van der Waals surface area contributed by atoms with Crippen molar-refractivity contribution in [2.75, 3.05) is 19.8 Å². The summed E-state index contributed by atoms with van der Waals surface area (Å²) < 4.78 is 51.4. The fourth-order valence-electron chi connectivity index (χ4n) is 6.94. The van der Waals surface area contributed by atoms with Crippen molar-refractivity contribution in [1.29, 1.82) is 0 Å². The van der Waals surface area contributed by atoms with E-state index in [1.54, 1.807) is 37.3 Å². The monoisotopic (exact) mass is 750 g/mol. The second kappa shape index (κ2) is 15.9. The Balaban J connectivity index is 0.987. The van der Waals surface area contributed by atoms with Crippen LogP contribution in [0.4, 0.5) is 0 Å². The molecule has 4 fully saturated rings. The summed E-state index contributed by atoms with van der Waals surface area (Å²) in [6, 6.07) is 14.9. The summed E-state index contributed by atoms with van der Waals surface area (Å²) in [6.07, 6.45) is -24.1. The highest BCUT2D eigenvalue weighted by Crippen LogP contribution is 2.37. The van der Waals surface area contributed by atoms with Gasteiger partial charge in [0.25, 0.3) is 0 Å². The number of aryl methyl sites for hydroxylation is 1. The molecule has 0 unspecified atom stereocenters. The molecule has 16 atom stereocenters. The maximum atomic E-state index is 11.8. The predicted molar refractivity (Wildman–Crippen MR) is 174 cm³/mol. The van der Waals surface area contributed by atoms with Gasteiger partial charge < -0.3 is 83.2 Å². The first-order valence-electron chi connectivity index (χ1n) is 17.1. The topological polar surface area (TPSA) is 266 Å². The number of aliphatic hydroxyl groups is 8. The number of hydrogen-bond donors (Lipinski definition) is 8. The van der Waals surface area contributed by atoms with Crippen LogP contribution in [0.15, 0.2) is 63.8 Å². The first kappa shape index (κ1) is 38.1. The number of benzene rings is 2. The molecule has 0 spiro atoms. The molecule has 18 nitrogen and oxygen atoms in total. The highest BCUT2D eigenvalue weighted by Gasteiger charge is 2.55. The molecule has 4 saturated heterocycles. The lowest BCUT2D eigenvalue weighted by atomic mass is 9.95. The number of fused-ring (bicyclic) bond motifs is 2. The molecule has 3 aromatic rings.